The molecule has 0 bridgehead atoms. The van der Waals surface area contributed by atoms with Gasteiger partial charge in [-0.3, -0.25) is 9.59 Å². The van der Waals surface area contributed by atoms with E-state index in [9.17, 15) is 14.7 Å². The van der Waals surface area contributed by atoms with Crippen LogP contribution in [0.15, 0.2) is 30.3 Å². The Morgan fingerprint density at radius 1 is 1.48 bits per heavy atom. The van der Waals surface area contributed by atoms with Gasteiger partial charge in [0.25, 0.3) is 0 Å². The Hall–Kier alpha value is -1.36. The topological polar surface area (TPSA) is 57.6 Å². The maximum Gasteiger partial charge on any atom is 0.312 e. The summed E-state index contributed by atoms with van der Waals surface area (Å²) in [5.41, 5.74) is 0.0296. The summed E-state index contributed by atoms with van der Waals surface area (Å²) in [4.78, 5) is 26.0. The molecule has 1 aromatic rings. The zero-order chi connectivity index (χ0) is 15.6. The molecule has 1 amide bonds. The molecule has 1 N–H and O–H groups in total. The zero-order valence-electron chi connectivity index (χ0n) is 12.3. The molecule has 0 saturated carbocycles. The lowest BCUT2D eigenvalue weighted by Gasteiger charge is -2.28. The molecule has 1 heterocycles. The van der Waals surface area contributed by atoms with Gasteiger partial charge in [0, 0.05) is 11.9 Å². The highest BCUT2D eigenvalue weighted by atomic mass is 79.9. The van der Waals surface area contributed by atoms with E-state index in [-0.39, 0.29) is 18.5 Å². The van der Waals surface area contributed by atoms with E-state index in [0.29, 0.717) is 11.8 Å². The average molecular weight is 354 g/mol. The fourth-order valence-corrected chi connectivity index (χ4v) is 3.77. The molecule has 2 rings (SSSR count). The first-order chi connectivity index (χ1) is 9.94. The first-order valence-corrected chi connectivity index (χ1v) is 8.21. The number of alkyl halides is 1. The monoisotopic (exact) mass is 353 g/mol. The van der Waals surface area contributed by atoms with Crippen molar-refractivity contribution in [3.63, 3.8) is 0 Å². The molecule has 0 spiro atoms. The second kappa shape index (κ2) is 6.18. The molecule has 4 nitrogen and oxygen atoms in total. The van der Waals surface area contributed by atoms with Crippen LogP contribution in [0.1, 0.15) is 31.9 Å². The van der Waals surface area contributed by atoms with Crippen LogP contribution in [0.5, 0.6) is 0 Å². The molecule has 0 radical (unpaired) electrons. The van der Waals surface area contributed by atoms with Gasteiger partial charge in [0.05, 0.1) is 17.4 Å². The lowest BCUT2D eigenvalue weighted by Crippen LogP contribution is -2.39. The number of carbonyl (C=O) groups excluding carboxylic acids is 1. The van der Waals surface area contributed by atoms with Gasteiger partial charge in [-0.05, 0) is 18.9 Å². The number of nitrogens with zero attached hydrogens (tertiary/aromatic N) is 1. The van der Waals surface area contributed by atoms with E-state index in [2.05, 4.69) is 15.9 Å². The first kappa shape index (κ1) is 16.0. The van der Waals surface area contributed by atoms with E-state index in [0.717, 1.165) is 5.56 Å². The van der Waals surface area contributed by atoms with Gasteiger partial charge >= 0.3 is 5.97 Å². The summed E-state index contributed by atoms with van der Waals surface area (Å²) in [6.07, 6.45) is 0.452. The summed E-state index contributed by atoms with van der Waals surface area (Å²) in [5, 5.41) is 10.2. The summed E-state index contributed by atoms with van der Waals surface area (Å²) in [7, 11) is 0. The Bertz CT molecular complexity index is 534. The number of halogens is 1. The Kier molecular flexibility index (Phi) is 4.71. The number of amides is 1. The molecule has 1 fully saturated rings. The largest absolute Gasteiger partial charge is 0.481 e. The number of carboxylic acid groups (broad SMARTS) is 1. The number of hydrogen-bond acceptors (Lipinski definition) is 2. The van der Waals surface area contributed by atoms with Crippen LogP contribution in [-0.4, -0.2) is 33.8 Å². The Morgan fingerprint density at radius 3 is 2.62 bits per heavy atom. The molecule has 5 heteroatoms. The van der Waals surface area contributed by atoms with Gasteiger partial charge in [-0.15, -0.1) is 0 Å². The maximum atomic E-state index is 12.6. The standard InChI is InChI=1S/C16H20BrNO3/c1-11-14(19)18(10-16(11,8-9-17)15(20)21)12(2)13-6-4-3-5-7-13/h3-7,11-12H,8-10H2,1-2H3,(H,20,21)/t11?,12-,16-/m1/s1. The minimum atomic E-state index is -0.996. The van der Waals surface area contributed by atoms with E-state index in [4.69, 9.17) is 0 Å². The molecule has 21 heavy (non-hydrogen) atoms. The molecule has 0 aliphatic carbocycles. The third-order valence-electron chi connectivity index (χ3n) is 4.65. The van der Waals surface area contributed by atoms with E-state index >= 15 is 0 Å². The molecule has 1 aliphatic rings. The molecule has 3 atom stereocenters. The van der Waals surface area contributed by atoms with Crippen molar-refractivity contribution in [1.29, 1.82) is 0 Å². The lowest BCUT2D eigenvalue weighted by atomic mass is 9.76. The molecule has 1 aromatic carbocycles. The normalized spacial score (nSPS) is 26.9. The fourth-order valence-electron chi connectivity index (χ4n) is 3.07. The highest BCUT2D eigenvalue weighted by Gasteiger charge is 2.55. The van der Waals surface area contributed by atoms with Crippen molar-refractivity contribution in [2.45, 2.75) is 26.3 Å². The van der Waals surface area contributed by atoms with Crippen LogP contribution in [0.3, 0.4) is 0 Å². The smallest absolute Gasteiger partial charge is 0.312 e. The molecule has 114 valence electrons. The van der Waals surface area contributed by atoms with Gasteiger partial charge in [0.15, 0.2) is 0 Å². The van der Waals surface area contributed by atoms with Crippen molar-refractivity contribution in [2.75, 3.05) is 11.9 Å². The predicted molar refractivity (Wildman–Crippen MR) is 84.2 cm³/mol. The molecule has 1 aliphatic heterocycles. The fraction of sp³-hybridized carbons (Fsp3) is 0.500. The third-order valence-corrected chi connectivity index (χ3v) is 5.05. The van der Waals surface area contributed by atoms with Crippen molar-refractivity contribution in [2.24, 2.45) is 11.3 Å². The number of rotatable bonds is 5. The molecule has 1 unspecified atom stereocenters. The number of aliphatic carboxylic acids is 1. The average Bonchev–Trinajstić information content (AvgIpc) is 2.74. The third kappa shape index (κ3) is 2.71. The number of carbonyl (C=O) groups is 2. The molecule has 0 aromatic heterocycles. The van der Waals surface area contributed by atoms with Crippen LogP contribution in [0, 0.1) is 11.3 Å². The Balaban J connectivity index is 2.31. The molecule has 1 saturated heterocycles. The van der Waals surface area contributed by atoms with Crippen LogP contribution in [-0.2, 0) is 9.59 Å². The number of carboxylic acids is 1. The minimum absolute atomic E-state index is 0.0743. The highest BCUT2D eigenvalue weighted by molar-refractivity contribution is 9.09. The van der Waals surface area contributed by atoms with Crippen molar-refractivity contribution in [3.8, 4) is 0 Å². The van der Waals surface area contributed by atoms with Gasteiger partial charge < -0.3 is 10.0 Å². The minimum Gasteiger partial charge on any atom is -0.481 e. The van der Waals surface area contributed by atoms with Crippen molar-refractivity contribution in [3.05, 3.63) is 35.9 Å². The number of hydrogen-bond donors (Lipinski definition) is 1. The van der Waals surface area contributed by atoms with Crippen molar-refractivity contribution >= 4 is 27.8 Å². The van der Waals surface area contributed by atoms with Gasteiger partial charge in [-0.1, -0.05) is 53.2 Å². The first-order valence-electron chi connectivity index (χ1n) is 7.09. The van der Waals surface area contributed by atoms with Crippen LogP contribution in [0.2, 0.25) is 0 Å². The second-order valence-electron chi connectivity index (χ2n) is 5.67. The Labute approximate surface area is 133 Å². The van der Waals surface area contributed by atoms with E-state index < -0.39 is 17.3 Å². The number of benzene rings is 1. The maximum absolute atomic E-state index is 12.6. The summed E-state index contributed by atoms with van der Waals surface area (Å²) < 4.78 is 0. The van der Waals surface area contributed by atoms with Crippen LogP contribution >= 0.6 is 15.9 Å². The summed E-state index contributed by atoms with van der Waals surface area (Å²) in [6.45, 7) is 3.95. The summed E-state index contributed by atoms with van der Waals surface area (Å²) in [6, 6.07) is 9.61. The van der Waals surface area contributed by atoms with Gasteiger partial charge in [-0.25, -0.2) is 0 Å². The molecular formula is C16H20BrNO3. The van der Waals surface area contributed by atoms with Crippen LogP contribution in [0.4, 0.5) is 0 Å². The Morgan fingerprint density at radius 2 is 2.10 bits per heavy atom. The van der Waals surface area contributed by atoms with Gasteiger partial charge in [0.1, 0.15) is 0 Å². The van der Waals surface area contributed by atoms with Gasteiger partial charge in [0.2, 0.25) is 5.91 Å². The van der Waals surface area contributed by atoms with Crippen LogP contribution in [0.25, 0.3) is 0 Å². The summed E-state index contributed by atoms with van der Waals surface area (Å²) in [5.74, 6) is -1.46. The number of likely N-dealkylation sites (tertiary alicyclic amines) is 1. The predicted octanol–water partition coefficient (Wildman–Crippen LogP) is 3.08. The second-order valence-corrected chi connectivity index (χ2v) is 6.47. The van der Waals surface area contributed by atoms with Crippen molar-refractivity contribution in [1.82, 2.24) is 4.90 Å². The van der Waals surface area contributed by atoms with Crippen molar-refractivity contribution < 1.29 is 14.7 Å². The highest BCUT2D eigenvalue weighted by Crippen LogP contribution is 2.43. The van der Waals surface area contributed by atoms with E-state index in [1.165, 1.54) is 0 Å². The summed E-state index contributed by atoms with van der Waals surface area (Å²) >= 11 is 3.32. The SMILES string of the molecule is CC1C(=O)N([C@H](C)c2ccccc2)C[C@@]1(CCBr)C(=O)O. The van der Waals surface area contributed by atoms with Gasteiger partial charge in [-0.2, -0.15) is 0 Å². The lowest BCUT2D eigenvalue weighted by molar-refractivity contribution is -0.151. The zero-order valence-corrected chi connectivity index (χ0v) is 13.8. The molecular weight excluding hydrogens is 334 g/mol. The van der Waals surface area contributed by atoms with E-state index in [1.54, 1.807) is 11.8 Å². The quantitative estimate of drug-likeness (QED) is 0.827. The van der Waals surface area contributed by atoms with E-state index in [1.807, 2.05) is 37.3 Å². The van der Waals surface area contributed by atoms with Crippen LogP contribution < -0.4 is 0 Å².